The van der Waals surface area contributed by atoms with E-state index < -0.39 is 6.10 Å². The van der Waals surface area contributed by atoms with E-state index in [9.17, 15) is 5.11 Å². The van der Waals surface area contributed by atoms with Crippen LogP contribution in [0.1, 0.15) is 17.5 Å². The van der Waals surface area contributed by atoms with Gasteiger partial charge in [0, 0.05) is 12.2 Å². The number of benzene rings is 1. The van der Waals surface area contributed by atoms with E-state index in [2.05, 4.69) is 5.32 Å². The van der Waals surface area contributed by atoms with Gasteiger partial charge in [-0.1, -0.05) is 18.2 Å². The molecule has 0 bridgehead atoms. The average molecular weight is 204 g/mol. The number of hydrogen-bond acceptors (Lipinski definition) is 3. The number of aryl methyl sites for hydroxylation is 2. The molecule has 1 aromatic carbocycles. The molecule has 0 saturated heterocycles. The monoisotopic (exact) mass is 204 g/mol. The summed E-state index contributed by atoms with van der Waals surface area (Å²) in [5.74, 6) is 0. The van der Waals surface area contributed by atoms with Gasteiger partial charge in [0.25, 0.3) is 0 Å². The van der Waals surface area contributed by atoms with Crippen molar-refractivity contribution in [2.75, 3.05) is 11.9 Å². The third kappa shape index (κ3) is 3.26. The first-order valence-corrected chi connectivity index (χ1v) is 5.00. The average Bonchev–Trinajstić information content (AvgIpc) is 2.17. The van der Waals surface area contributed by atoms with Crippen molar-refractivity contribution in [1.29, 1.82) is 5.26 Å². The van der Waals surface area contributed by atoms with Crippen molar-refractivity contribution in [3.63, 3.8) is 0 Å². The molecule has 0 fully saturated rings. The maximum absolute atomic E-state index is 9.41. The summed E-state index contributed by atoms with van der Waals surface area (Å²) >= 11 is 0. The number of nitriles is 1. The minimum atomic E-state index is -0.603. The van der Waals surface area contributed by atoms with Crippen LogP contribution in [0.5, 0.6) is 0 Å². The van der Waals surface area contributed by atoms with Crippen molar-refractivity contribution in [3.8, 4) is 6.07 Å². The molecule has 0 aliphatic carbocycles. The summed E-state index contributed by atoms with van der Waals surface area (Å²) in [5, 5.41) is 21.0. The summed E-state index contributed by atoms with van der Waals surface area (Å²) in [6.07, 6.45) is -0.438. The Bertz CT molecular complexity index is 348. The molecule has 80 valence electrons. The fourth-order valence-electron chi connectivity index (χ4n) is 1.49. The summed E-state index contributed by atoms with van der Waals surface area (Å²) in [6.45, 7) is 4.46. The summed E-state index contributed by atoms with van der Waals surface area (Å²) in [6, 6.07) is 7.98. The number of aliphatic hydroxyl groups excluding tert-OH is 1. The molecule has 1 atom stereocenters. The molecule has 3 heteroatoms. The highest BCUT2D eigenvalue weighted by molar-refractivity contribution is 5.56. The summed E-state index contributed by atoms with van der Waals surface area (Å²) in [5.41, 5.74) is 3.35. The lowest BCUT2D eigenvalue weighted by atomic mass is 10.1. The number of hydrogen-bond donors (Lipinski definition) is 2. The molecule has 1 rings (SSSR count). The first-order valence-electron chi connectivity index (χ1n) is 5.00. The van der Waals surface area contributed by atoms with E-state index >= 15 is 0 Å². The van der Waals surface area contributed by atoms with Gasteiger partial charge in [-0.2, -0.15) is 5.26 Å². The van der Waals surface area contributed by atoms with Crippen molar-refractivity contribution in [1.82, 2.24) is 0 Å². The first kappa shape index (κ1) is 11.5. The van der Waals surface area contributed by atoms with Gasteiger partial charge >= 0.3 is 0 Å². The fraction of sp³-hybridized carbons (Fsp3) is 0.417. The Kier molecular flexibility index (Phi) is 4.14. The predicted molar refractivity (Wildman–Crippen MR) is 60.6 cm³/mol. The van der Waals surface area contributed by atoms with Gasteiger partial charge in [-0.3, -0.25) is 0 Å². The van der Waals surface area contributed by atoms with E-state index in [-0.39, 0.29) is 6.42 Å². The Morgan fingerprint density at radius 2 is 2.00 bits per heavy atom. The standard InChI is InChI=1S/C12H16N2O/c1-9-4-3-5-10(2)12(9)14-8-11(15)6-7-13/h3-5,11,14-15H,6,8H2,1-2H3. The Balaban J connectivity index is 2.62. The van der Waals surface area contributed by atoms with Crippen LogP contribution in [0.2, 0.25) is 0 Å². The third-order valence-electron chi connectivity index (χ3n) is 2.32. The van der Waals surface area contributed by atoms with Gasteiger partial charge in [0.1, 0.15) is 0 Å². The van der Waals surface area contributed by atoms with Crippen LogP contribution in [0.4, 0.5) is 5.69 Å². The van der Waals surface area contributed by atoms with Crippen LogP contribution in [0.15, 0.2) is 18.2 Å². The smallest absolute Gasteiger partial charge is 0.0842 e. The van der Waals surface area contributed by atoms with E-state index in [0.29, 0.717) is 6.54 Å². The molecule has 0 heterocycles. The Morgan fingerprint density at radius 3 is 2.53 bits per heavy atom. The van der Waals surface area contributed by atoms with Gasteiger partial charge in [0.2, 0.25) is 0 Å². The Morgan fingerprint density at radius 1 is 1.40 bits per heavy atom. The van der Waals surface area contributed by atoms with Crippen LogP contribution in [-0.4, -0.2) is 17.8 Å². The molecule has 15 heavy (non-hydrogen) atoms. The van der Waals surface area contributed by atoms with Crippen LogP contribution in [-0.2, 0) is 0 Å². The number of para-hydroxylation sites is 1. The molecule has 2 N–H and O–H groups in total. The summed E-state index contributed by atoms with van der Waals surface area (Å²) in [7, 11) is 0. The summed E-state index contributed by atoms with van der Waals surface area (Å²) in [4.78, 5) is 0. The number of rotatable bonds is 4. The van der Waals surface area contributed by atoms with E-state index in [0.717, 1.165) is 16.8 Å². The van der Waals surface area contributed by atoms with Crippen LogP contribution in [0.3, 0.4) is 0 Å². The highest BCUT2D eigenvalue weighted by Crippen LogP contribution is 2.19. The van der Waals surface area contributed by atoms with Gasteiger partial charge in [-0.05, 0) is 25.0 Å². The van der Waals surface area contributed by atoms with E-state index in [1.807, 2.05) is 38.1 Å². The lowest BCUT2D eigenvalue weighted by Gasteiger charge is -2.14. The zero-order chi connectivity index (χ0) is 11.3. The largest absolute Gasteiger partial charge is 0.390 e. The van der Waals surface area contributed by atoms with Crippen molar-refractivity contribution in [3.05, 3.63) is 29.3 Å². The number of anilines is 1. The van der Waals surface area contributed by atoms with Gasteiger partial charge in [0.05, 0.1) is 18.6 Å². The maximum Gasteiger partial charge on any atom is 0.0842 e. The molecular formula is C12H16N2O. The Labute approximate surface area is 90.4 Å². The molecule has 3 nitrogen and oxygen atoms in total. The topological polar surface area (TPSA) is 56.0 Å². The normalized spacial score (nSPS) is 11.9. The first-order chi connectivity index (χ1) is 7.15. The molecule has 1 aromatic rings. The second-order valence-corrected chi connectivity index (χ2v) is 3.66. The van der Waals surface area contributed by atoms with E-state index in [1.54, 1.807) is 0 Å². The number of nitrogens with zero attached hydrogens (tertiary/aromatic N) is 1. The predicted octanol–water partition coefficient (Wildman–Crippen LogP) is 1.99. The summed E-state index contributed by atoms with van der Waals surface area (Å²) < 4.78 is 0. The van der Waals surface area contributed by atoms with Crippen LogP contribution < -0.4 is 5.32 Å². The van der Waals surface area contributed by atoms with Gasteiger partial charge in [0.15, 0.2) is 0 Å². The van der Waals surface area contributed by atoms with Gasteiger partial charge in [-0.15, -0.1) is 0 Å². The highest BCUT2D eigenvalue weighted by Gasteiger charge is 2.05. The molecular weight excluding hydrogens is 188 g/mol. The van der Waals surface area contributed by atoms with E-state index in [4.69, 9.17) is 5.26 Å². The minimum Gasteiger partial charge on any atom is -0.390 e. The number of aliphatic hydroxyl groups is 1. The maximum atomic E-state index is 9.41. The van der Waals surface area contributed by atoms with E-state index in [1.165, 1.54) is 0 Å². The molecule has 0 aliphatic heterocycles. The molecule has 0 aromatic heterocycles. The molecule has 0 radical (unpaired) electrons. The molecule has 0 spiro atoms. The van der Waals surface area contributed by atoms with Crippen LogP contribution in [0.25, 0.3) is 0 Å². The molecule has 1 unspecified atom stereocenters. The quantitative estimate of drug-likeness (QED) is 0.788. The third-order valence-corrected chi connectivity index (χ3v) is 2.32. The number of nitrogens with one attached hydrogen (secondary N) is 1. The second-order valence-electron chi connectivity index (χ2n) is 3.66. The molecule has 0 amide bonds. The van der Waals surface area contributed by atoms with Crippen LogP contribution >= 0.6 is 0 Å². The van der Waals surface area contributed by atoms with Gasteiger partial charge in [-0.25, -0.2) is 0 Å². The van der Waals surface area contributed by atoms with Crippen molar-refractivity contribution < 1.29 is 5.11 Å². The second kappa shape index (κ2) is 5.38. The Hall–Kier alpha value is -1.53. The van der Waals surface area contributed by atoms with Crippen LogP contribution in [0, 0.1) is 25.2 Å². The zero-order valence-electron chi connectivity index (χ0n) is 9.12. The lowest BCUT2D eigenvalue weighted by Crippen LogP contribution is -2.19. The lowest BCUT2D eigenvalue weighted by molar-refractivity contribution is 0.193. The molecule has 0 saturated carbocycles. The minimum absolute atomic E-state index is 0.165. The SMILES string of the molecule is Cc1cccc(C)c1NCC(O)CC#N. The highest BCUT2D eigenvalue weighted by atomic mass is 16.3. The van der Waals surface area contributed by atoms with Crippen molar-refractivity contribution in [2.45, 2.75) is 26.4 Å². The fourth-order valence-corrected chi connectivity index (χ4v) is 1.49. The molecule has 0 aliphatic rings. The zero-order valence-corrected chi connectivity index (χ0v) is 9.12. The van der Waals surface area contributed by atoms with Crippen molar-refractivity contribution in [2.24, 2.45) is 0 Å². The van der Waals surface area contributed by atoms with Crippen molar-refractivity contribution >= 4 is 5.69 Å². The van der Waals surface area contributed by atoms with Gasteiger partial charge < -0.3 is 10.4 Å².